The van der Waals surface area contributed by atoms with Gasteiger partial charge in [-0.2, -0.15) is 5.26 Å². The number of benzene rings is 3. The molecular weight excluding hydrogens is 574 g/mol. The molecule has 4 aromatic rings. The van der Waals surface area contributed by atoms with Gasteiger partial charge in [-0.05, 0) is 37.3 Å². The Labute approximate surface area is 227 Å². The Kier molecular flexibility index (Phi) is 8.04. The molecule has 8 nitrogen and oxygen atoms in total. The van der Waals surface area contributed by atoms with Crippen LogP contribution >= 0.6 is 27.7 Å². The van der Waals surface area contributed by atoms with Crippen LogP contribution in [0.4, 0.5) is 11.5 Å². The molecule has 0 unspecified atom stereocenters. The number of aryl methyl sites for hydroxylation is 1. The molecule has 0 spiro atoms. The molecule has 0 aliphatic rings. The molecule has 0 saturated heterocycles. The first kappa shape index (κ1) is 26.5. The standard InChI is InChI=1S/C26H20BrN5O3S2/c1-16-5-7-18(8-6-16)24-22(14-28)25(30-20-3-2-4-21(13-20)37(29,34)35)32-26(31-24)36-15-23(33)17-9-11-19(27)12-10-17/h2-13H,15H2,1H3,(H2,29,34,35)(H,30,31,32). The number of hydrogen-bond donors (Lipinski definition) is 2. The van der Waals surface area contributed by atoms with E-state index < -0.39 is 10.0 Å². The smallest absolute Gasteiger partial charge is 0.238 e. The molecule has 3 N–H and O–H groups in total. The predicted octanol–water partition coefficient (Wildman–Crippen LogP) is 5.45. The van der Waals surface area contributed by atoms with E-state index in [9.17, 15) is 18.5 Å². The molecule has 4 rings (SSSR count). The molecule has 1 aromatic heterocycles. The van der Waals surface area contributed by atoms with Crippen LogP contribution in [0, 0.1) is 18.3 Å². The van der Waals surface area contributed by atoms with Crippen LogP contribution in [-0.4, -0.2) is 29.9 Å². The Bertz CT molecular complexity index is 1620. The van der Waals surface area contributed by atoms with Gasteiger partial charge in [0.25, 0.3) is 0 Å². The summed E-state index contributed by atoms with van der Waals surface area (Å²) in [5, 5.41) is 18.6. The number of anilines is 2. The maximum atomic E-state index is 12.7. The van der Waals surface area contributed by atoms with E-state index in [2.05, 4.69) is 37.3 Å². The zero-order valence-electron chi connectivity index (χ0n) is 19.5. The minimum atomic E-state index is -3.93. The number of sulfonamides is 1. The summed E-state index contributed by atoms with van der Waals surface area (Å²) in [6.45, 7) is 1.95. The van der Waals surface area contributed by atoms with Crippen LogP contribution in [0.1, 0.15) is 21.5 Å². The number of carbonyl (C=O) groups is 1. The molecule has 3 aromatic carbocycles. The number of nitrogens with one attached hydrogen (secondary N) is 1. The minimum Gasteiger partial charge on any atom is -0.339 e. The number of halogens is 1. The molecule has 0 atom stereocenters. The number of nitriles is 1. The number of nitrogens with zero attached hydrogens (tertiary/aromatic N) is 3. The van der Waals surface area contributed by atoms with E-state index >= 15 is 0 Å². The van der Waals surface area contributed by atoms with Gasteiger partial charge in [0.15, 0.2) is 16.8 Å². The van der Waals surface area contributed by atoms with Crippen molar-refractivity contribution in [1.82, 2.24) is 9.97 Å². The van der Waals surface area contributed by atoms with Crippen molar-refractivity contribution in [3.05, 3.63) is 94.0 Å². The van der Waals surface area contributed by atoms with Crippen LogP contribution in [0.5, 0.6) is 0 Å². The van der Waals surface area contributed by atoms with Gasteiger partial charge in [0.05, 0.1) is 16.3 Å². The van der Waals surface area contributed by atoms with Gasteiger partial charge < -0.3 is 5.32 Å². The van der Waals surface area contributed by atoms with Gasteiger partial charge in [0, 0.05) is 21.3 Å². The van der Waals surface area contributed by atoms with Crippen molar-refractivity contribution in [2.45, 2.75) is 17.0 Å². The molecule has 0 bridgehead atoms. The highest BCUT2D eigenvalue weighted by atomic mass is 79.9. The lowest BCUT2D eigenvalue weighted by molar-refractivity contribution is 0.102. The Morgan fingerprint density at radius 1 is 1.08 bits per heavy atom. The second-order valence-electron chi connectivity index (χ2n) is 7.97. The maximum absolute atomic E-state index is 12.7. The highest BCUT2D eigenvalue weighted by Crippen LogP contribution is 2.31. The van der Waals surface area contributed by atoms with Crippen LogP contribution in [0.15, 0.2) is 87.3 Å². The monoisotopic (exact) mass is 593 g/mol. The number of ketones is 1. The van der Waals surface area contributed by atoms with E-state index in [1.54, 1.807) is 30.3 Å². The van der Waals surface area contributed by atoms with Gasteiger partial charge in [-0.25, -0.2) is 23.5 Å². The van der Waals surface area contributed by atoms with Gasteiger partial charge in [-0.15, -0.1) is 0 Å². The van der Waals surface area contributed by atoms with Gasteiger partial charge in [-0.1, -0.05) is 75.7 Å². The first-order valence-electron chi connectivity index (χ1n) is 10.8. The first-order valence-corrected chi connectivity index (χ1v) is 14.2. The first-order chi connectivity index (χ1) is 17.6. The van der Waals surface area contributed by atoms with Crippen molar-refractivity contribution in [3.63, 3.8) is 0 Å². The lowest BCUT2D eigenvalue weighted by Crippen LogP contribution is -2.12. The third-order valence-electron chi connectivity index (χ3n) is 5.25. The molecular formula is C26H20BrN5O3S2. The normalized spacial score (nSPS) is 11.1. The summed E-state index contributed by atoms with van der Waals surface area (Å²) in [6.07, 6.45) is 0. The van der Waals surface area contributed by atoms with Gasteiger partial charge in [0.1, 0.15) is 11.6 Å². The molecule has 11 heteroatoms. The highest BCUT2D eigenvalue weighted by molar-refractivity contribution is 9.10. The average molecular weight is 595 g/mol. The highest BCUT2D eigenvalue weighted by Gasteiger charge is 2.19. The van der Waals surface area contributed by atoms with Crippen LogP contribution in [0.2, 0.25) is 0 Å². The maximum Gasteiger partial charge on any atom is 0.238 e. The topological polar surface area (TPSA) is 139 Å². The molecule has 0 amide bonds. The number of thioether (sulfide) groups is 1. The molecule has 0 saturated carbocycles. The fourth-order valence-corrected chi connectivity index (χ4v) is 4.92. The second-order valence-corrected chi connectivity index (χ2v) is 11.4. The minimum absolute atomic E-state index is 0.0845. The molecule has 186 valence electrons. The zero-order valence-corrected chi connectivity index (χ0v) is 22.7. The van der Waals surface area contributed by atoms with E-state index in [1.165, 1.54) is 18.2 Å². The number of hydrogen-bond acceptors (Lipinski definition) is 8. The molecule has 37 heavy (non-hydrogen) atoms. The summed E-state index contributed by atoms with van der Waals surface area (Å²) < 4.78 is 24.5. The van der Waals surface area contributed by atoms with Crippen molar-refractivity contribution in [2.24, 2.45) is 5.14 Å². The number of rotatable bonds is 8. The largest absolute Gasteiger partial charge is 0.339 e. The summed E-state index contributed by atoms with van der Waals surface area (Å²) in [5.41, 5.74) is 3.24. The molecule has 0 radical (unpaired) electrons. The van der Waals surface area contributed by atoms with Crippen LogP contribution < -0.4 is 10.5 Å². The lowest BCUT2D eigenvalue weighted by Gasteiger charge is -2.13. The van der Waals surface area contributed by atoms with Gasteiger partial charge in [0.2, 0.25) is 10.0 Å². The van der Waals surface area contributed by atoms with Crippen molar-refractivity contribution in [3.8, 4) is 17.3 Å². The van der Waals surface area contributed by atoms with Crippen molar-refractivity contribution in [2.75, 3.05) is 11.1 Å². The van der Waals surface area contributed by atoms with Crippen molar-refractivity contribution in [1.29, 1.82) is 5.26 Å². The fourth-order valence-electron chi connectivity index (χ4n) is 3.36. The number of primary sulfonamides is 1. The number of nitrogens with two attached hydrogens (primary N) is 1. The van der Waals surface area contributed by atoms with E-state index in [0.717, 1.165) is 21.8 Å². The quantitative estimate of drug-likeness (QED) is 0.156. The second kappa shape index (κ2) is 11.2. The Balaban J connectivity index is 1.73. The summed E-state index contributed by atoms with van der Waals surface area (Å²) in [4.78, 5) is 21.7. The van der Waals surface area contributed by atoms with E-state index in [1.807, 2.05) is 31.2 Å². The predicted molar refractivity (Wildman–Crippen MR) is 147 cm³/mol. The molecule has 0 fully saturated rings. The van der Waals surface area contributed by atoms with Crippen molar-refractivity contribution >= 4 is 55.0 Å². The third-order valence-corrected chi connectivity index (χ3v) is 7.54. The van der Waals surface area contributed by atoms with Crippen LogP contribution in [0.3, 0.4) is 0 Å². The summed E-state index contributed by atoms with van der Waals surface area (Å²) in [7, 11) is -3.93. The number of carbonyl (C=O) groups excluding carboxylic acids is 1. The van der Waals surface area contributed by atoms with E-state index in [-0.39, 0.29) is 33.0 Å². The van der Waals surface area contributed by atoms with Gasteiger partial charge in [-0.3, -0.25) is 4.79 Å². The Morgan fingerprint density at radius 2 is 1.78 bits per heavy atom. The lowest BCUT2D eigenvalue weighted by atomic mass is 10.1. The average Bonchev–Trinajstić information content (AvgIpc) is 2.87. The zero-order chi connectivity index (χ0) is 26.6. The van der Waals surface area contributed by atoms with E-state index in [0.29, 0.717) is 22.5 Å². The summed E-state index contributed by atoms with van der Waals surface area (Å²) in [5.74, 6) is 0.164. The third kappa shape index (κ3) is 6.61. The molecule has 1 heterocycles. The molecule has 0 aliphatic carbocycles. The molecule has 0 aliphatic heterocycles. The van der Waals surface area contributed by atoms with Crippen LogP contribution in [0.25, 0.3) is 11.3 Å². The summed E-state index contributed by atoms with van der Waals surface area (Å²) >= 11 is 4.50. The van der Waals surface area contributed by atoms with Crippen molar-refractivity contribution < 1.29 is 13.2 Å². The SMILES string of the molecule is Cc1ccc(-c2nc(SCC(=O)c3ccc(Br)cc3)nc(Nc3cccc(S(N)(=O)=O)c3)c2C#N)cc1. The Hall–Kier alpha value is -3.56. The summed E-state index contributed by atoms with van der Waals surface area (Å²) in [6, 6.07) is 22.6. The van der Waals surface area contributed by atoms with Gasteiger partial charge >= 0.3 is 0 Å². The van der Waals surface area contributed by atoms with Crippen LogP contribution in [-0.2, 0) is 10.0 Å². The number of aromatic nitrogens is 2. The van der Waals surface area contributed by atoms with E-state index in [4.69, 9.17) is 5.14 Å². The number of Topliss-reactive ketones (excluding diaryl/α,β-unsaturated/α-hetero) is 1. The fraction of sp³-hybridized carbons (Fsp3) is 0.0769. The Morgan fingerprint density at radius 3 is 2.43 bits per heavy atom.